The SMILES string of the molecule is Cc1[nH]nc2c1c(=O)n(CCCNC(=O)[C@@H](N)Cc1c[nH]cn1)c1ccccc21. The van der Waals surface area contributed by atoms with E-state index in [1.807, 2.05) is 31.2 Å². The number of carbonyl (C=O) groups is 1. The molecule has 0 aliphatic heterocycles. The molecule has 9 nitrogen and oxygen atoms in total. The zero-order valence-electron chi connectivity index (χ0n) is 16.1. The molecule has 29 heavy (non-hydrogen) atoms. The van der Waals surface area contributed by atoms with Crippen molar-refractivity contribution in [3.63, 3.8) is 0 Å². The number of aromatic amines is 2. The summed E-state index contributed by atoms with van der Waals surface area (Å²) in [5, 5.41) is 11.6. The van der Waals surface area contributed by atoms with Gasteiger partial charge in [0.05, 0.1) is 29.0 Å². The van der Waals surface area contributed by atoms with Crippen molar-refractivity contribution in [1.29, 1.82) is 0 Å². The van der Waals surface area contributed by atoms with Crippen LogP contribution in [-0.2, 0) is 17.8 Å². The number of nitrogens with one attached hydrogen (secondary N) is 3. The number of carbonyl (C=O) groups excluding carboxylic acids is 1. The Morgan fingerprint density at radius 1 is 1.34 bits per heavy atom. The first-order chi connectivity index (χ1) is 14.1. The van der Waals surface area contributed by atoms with Gasteiger partial charge in [0.1, 0.15) is 5.52 Å². The largest absolute Gasteiger partial charge is 0.355 e. The number of benzene rings is 1. The van der Waals surface area contributed by atoms with E-state index >= 15 is 0 Å². The molecule has 9 heteroatoms. The Morgan fingerprint density at radius 2 is 2.17 bits per heavy atom. The molecular weight excluding hydrogens is 370 g/mol. The second kappa shape index (κ2) is 7.88. The van der Waals surface area contributed by atoms with Gasteiger partial charge < -0.3 is 20.6 Å². The Labute approximate surface area is 166 Å². The third-order valence-electron chi connectivity index (χ3n) is 5.03. The lowest BCUT2D eigenvalue weighted by Crippen LogP contribution is -2.42. The van der Waals surface area contributed by atoms with Crippen molar-refractivity contribution in [2.24, 2.45) is 5.73 Å². The molecule has 1 amide bonds. The number of hydrogen-bond acceptors (Lipinski definition) is 5. The van der Waals surface area contributed by atoms with Gasteiger partial charge in [-0.15, -0.1) is 0 Å². The van der Waals surface area contributed by atoms with Gasteiger partial charge in [-0.1, -0.05) is 18.2 Å². The summed E-state index contributed by atoms with van der Waals surface area (Å²) >= 11 is 0. The maximum absolute atomic E-state index is 13.0. The maximum atomic E-state index is 13.0. The first-order valence-corrected chi connectivity index (χ1v) is 9.53. The van der Waals surface area contributed by atoms with Gasteiger partial charge in [-0.2, -0.15) is 5.10 Å². The topological polar surface area (TPSA) is 134 Å². The zero-order chi connectivity index (χ0) is 20.4. The molecule has 3 heterocycles. The number of para-hydroxylation sites is 1. The maximum Gasteiger partial charge on any atom is 0.262 e. The van der Waals surface area contributed by atoms with E-state index in [9.17, 15) is 9.59 Å². The van der Waals surface area contributed by atoms with Crippen LogP contribution in [0.1, 0.15) is 17.8 Å². The number of fused-ring (bicyclic) bond motifs is 3. The van der Waals surface area contributed by atoms with Crippen LogP contribution in [0.2, 0.25) is 0 Å². The molecule has 4 aromatic rings. The fourth-order valence-corrected chi connectivity index (χ4v) is 3.56. The van der Waals surface area contributed by atoms with E-state index in [-0.39, 0.29) is 11.5 Å². The number of nitrogens with two attached hydrogens (primary N) is 1. The molecule has 5 N–H and O–H groups in total. The van der Waals surface area contributed by atoms with Crippen LogP contribution in [0.4, 0.5) is 0 Å². The highest BCUT2D eigenvalue weighted by Gasteiger charge is 2.16. The number of nitrogens with zero attached hydrogens (tertiary/aromatic N) is 3. The molecule has 0 bridgehead atoms. The van der Waals surface area contributed by atoms with E-state index in [0.717, 1.165) is 22.3 Å². The van der Waals surface area contributed by atoms with Crippen LogP contribution in [0.15, 0.2) is 41.6 Å². The second-order valence-electron chi connectivity index (χ2n) is 7.06. The Kier molecular flexibility index (Phi) is 5.13. The minimum Gasteiger partial charge on any atom is -0.355 e. The highest BCUT2D eigenvalue weighted by atomic mass is 16.2. The lowest BCUT2D eigenvalue weighted by molar-refractivity contribution is -0.122. The lowest BCUT2D eigenvalue weighted by Gasteiger charge is -2.13. The highest BCUT2D eigenvalue weighted by Crippen LogP contribution is 2.22. The Morgan fingerprint density at radius 3 is 2.97 bits per heavy atom. The number of imidazole rings is 1. The van der Waals surface area contributed by atoms with Crippen molar-refractivity contribution >= 4 is 27.7 Å². The van der Waals surface area contributed by atoms with Gasteiger partial charge in [-0.3, -0.25) is 14.7 Å². The molecule has 0 fully saturated rings. The average Bonchev–Trinajstić information content (AvgIpc) is 3.37. The van der Waals surface area contributed by atoms with Crippen molar-refractivity contribution < 1.29 is 4.79 Å². The molecule has 0 aliphatic carbocycles. The predicted molar refractivity (Wildman–Crippen MR) is 110 cm³/mol. The number of hydrogen-bond donors (Lipinski definition) is 4. The zero-order valence-corrected chi connectivity index (χ0v) is 16.1. The first kappa shape index (κ1) is 18.9. The number of pyridine rings is 1. The monoisotopic (exact) mass is 393 g/mol. The molecule has 0 unspecified atom stereocenters. The normalized spacial score (nSPS) is 12.5. The van der Waals surface area contributed by atoms with Crippen LogP contribution in [0.5, 0.6) is 0 Å². The fourth-order valence-electron chi connectivity index (χ4n) is 3.56. The summed E-state index contributed by atoms with van der Waals surface area (Å²) in [4.78, 5) is 32.1. The first-order valence-electron chi connectivity index (χ1n) is 9.53. The van der Waals surface area contributed by atoms with Crippen molar-refractivity contribution in [2.45, 2.75) is 32.4 Å². The number of aromatic nitrogens is 5. The van der Waals surface area contributed by atoms with Gasteiger partial charge in [-0.05, 0) is 19.4 Å². The van der Waals surface area contributed by atoms with Crippen molar-refractivity contribution in [2.75, 3.05) is 6.54 Å². The quantitative estimate of drug-likeness (QED) is 0.347. The van der Waals surface area contributed by atoms with Gasteiger partial charge in [0.15, 0.2) is 0 Å². The molecule has 0 saturated carbocycles. The molecule has 0 radical (unpaired) electrons. The van der Waals surface area contributed by atoms with Crippen LogP contribution in [-0.4, -0.2) is 43.2 Å². The van der Waals surface area contributed by atoms with E-state index in [0.29, 0.717) is 36.8 Å². The minimum absolute atomic E-state index is 0.0773. The predicted octanol–water partition coefficient (Wildman–Crippen LogP) is 0.986. The Hall–Kier alpha value is -3.46. The van der Waals surface area contributed by atoms with Gasteiger partial charge in [0.2, 0.25) is 5.91 Å². The highest BCUT2D eigenvalue weighted by molar-refractivity contribution is 6.03. The van der Waals surface area contributed by atoms with Crippen LogP contribution >= 0.6 is 0 Å². The molecule has 1 aromatic carbocycles. The van der Waals surface area contributed by atoms with Gasteiger partial charge >= 0.3 is 0 Å². The molecule has 0 saturated heterocycles. The minimum atomic E-state index is -0.660. The van der Waals surface area contributed by atoms with E-state index in [4.69, 9.17) is 5.73 Å². The van der Waals surface area contributed by atoms with E-state index < -0.39 is 6.04 Å². The molecule has 4 rings (SSSR count). The van der Waals surface area contributed by atoms with Crippen LogP contribution in [0, 0.1) is 6.92 Å². The van der Waals surface area contributed by atoms with E-state index in [2.05, 4.69) is 25.5 Å². The molecular formula is C20H23N7O2. The summed E-state index contributed by atoms with van der Waals surface area (Å²) < 4.78 is 1.75. The summed E-state index contributed by atoms with van der Waals surface area (Å²) in [5.41, 5.74) is 8.88. The molecule has 0 spiro atoms. The van der Waals surface area contributed by atoms with Gasteiger partial charge in [-0.25, -0.2) is 4.98 Å². The number of aryl methyl sites for hydroxylation is 2. The van der Waals surface area contributed by atoms with Crippen molar-refractivity contribution in [1.82, 2.24) is 30.0 Å². The smallest absolute Gasteiger partial charge is 0.262 e. The molecule has 150 valence electrons. The molecule has 1 atom stereocenters. The van der Waals surface area contributed by atoms with Crippen LogP contribution < -0.4 is 16.6 Å². The van der Waals surface area contributed by atoms with Crippen molar-refractivity contribution in [3.8, 4) is 0 Å². The van der Waals surface area contributed by atoms with Crippen LogP contribution in [0.3, 0.4) is 0 Å². The third-order valence-corrected chi connectivity index (χ3v) is 5.03. The number of amides is 1. The van der Waals surface area contributed by atoms with E-state index in [1.54, 1.807) is 17.1 Å². The van der Waals surface area contributed by atoms with E-state index in [1.165, 1.54) is 0 Å². The fraction of sp³-hybridized carbons (Fsp3) is 0.300. The third kappa shape index (κ3) is 3.64. The standard InChI is InChI=1S/C20H23N7O2/c1-12-17-18(26-25-12)14-5-2-3-6-16(14)27(20(17)29)8-4-7-23-19(28)15(21)9-13-10-22-11-24-13/h2-3,5-6,10-11,15H,4,7-9,21H2,1H3,(H,22,24)(H,23,28)(H,25,26)/t15-/m0/s1. The van der Waals surface area contributed by atoms with Crippen molar-refractivity contribution in [3.05, 3.63) is 58.5 Å². The average molecular weight is 393 g/mol. The molecule has 0 aliphatic rings. The Bertz CT molecular complexity index is 1210. The second-order valence-corrected chi connectivity index (χ2v) is 7.06. The lowest BCUT2D eigenvalue weighted by atomic mass is 10.1. The summed E-state index contributed by atoms with van der Waals surface area (Å²) in [7, 11) is 0. The van der Waals surface area contributed by atoms with Gasteiger partial charge in [0, 0.05) is 36.8 Å². The summed E-state index contributed by atoms with van der Waals surface area (Å²) in [6.07, 6.45) is 4.25. The number of rotatable bonds is 7. The molecule has 3 aromatic heterocycles. The number of H-pyrrole nitrogens is 2. The van der Waals surface area contributed by atoms with Gasteiger partial charge in [0.25, 0.3) is 5.56 Å². The Balaban J connectivity index is 1.45. The summed E-state index contributed by atoms with van der Waals surface area (Å²) in [6, 6.07) is 7.05. The summed E-state index contributed by atoms with van der Waals surface area (Å²) in [5.74, 6) is -0.230. The summed E-state index contributed by atoms with van der Waals surface area (Å²) in [6.45, 7) is 2.75. The van der Waals surface area contributed by atoms with Crippen LogP contribution in [0.25, 0.3) is 21.8 Å².